The Labute approximate surface area is 197 Å². The van der Waals surface area contributed by atoms with Gasteiger partial charge in [0.25, 0.3) is 0 Å². The summed E-state index contributed by atoms with van der Waals surface area (Å²) in [5.74, 6) is 0.890. The van der Waals surface area contributed by atoms with Gasteiger partial charge in [-0.1, -0.05) is 96.4 Å². The van der Waals surface area contributed by atoms with Crippen LogP contribution in [0.15, 0.2) is 60.2 Å². The van der Waals surface area contributed by atoms with Gasteiger partial charge in [-0.05, 0) is 43.5 Å². The van der Waals surface area contributed by atoms with E-state index in [1.165, 1.54) is 36.8 Å². The number of hydrogen-bond acceptors (Lipinski definition) is 3. The molecular formula is C29H46O3. The SMILES string of the molecule is C1CC1.C=C(/C=C\C(C)=C/C)C(C)(C)c1ccc(OCC2CO2)cc1.CC.CCC1CO1. The van der Waals surface area contributed by atoms with Crippen molar-refractivity contribution in [3.05, 3.63) is 65.8 Å². The van der Waals surface area contributed by atoms with Gasteiger partial charge in [0.05, 0.1) is 19.3 Å². The van der Waals surface area contributed by atoms with Crippen molar-refractivity contribution in [2.45, 2.75) is 91.8 Å². The molecule has 0 bridgehead atoms. The zero-order chi connectivity index (χ0) is 24.0. The molecule has 3 aliphatic rings. The zero-order valence-corrected chi connectivity index (χ0v) is 21.6. The first-order valence-corrected chi connectivity index (χ1v) is 12.3. The largest absolute Gasteiger partial charge is 0.491 e. The van der Waals surface area contributed by atoms with Crippen LogP contribution in [0.5, 0.6) is 5.75 Å². The summed E-state index contributed by atoms with van der Waals surface area (Å²) in [4.78, 5) is 0. The topological polar surface area (TPSA) is 34.3 Å². The third-order valence-corrected chi connectivity index (χ3v) is 5.43. The second-order valence-electron chi connectivity index (χ2n) is 8.73. The van der Waals surface area contributed by atoms with Crippen LogP contribution in [-0.4, -0.2) is 32.0 Å². The van der Waals surface area contributed by atoms with E-state index in [9.17, 15) is 0 Å². The average Bonchev–Trinajstić information content (AvgIpc) is 3.67. The molecule has 0 amide bonds. The first-order chi connectivity index (χ1) is 15.4. The summed E-state index contributed by atoms with van der Waals surface area (Å²) < 4.78 is 15.7. The van der Waals surface area contributed by atoms with Gasteiger partial charge in [0.15, 0.2) is 0 Å². The highest BCUT2D eigenvalue weighted by Crippen LogP contribution is 2.32. The van der Waals surface area contributed by atoms with E-state index in [0.717, 1.165) is 24.5 Å². The quantitative estimate of drug-likeness (QED) is 0.304. The van der Waals surface area contributed by atoms with Crippen molar-refractivity contribution in [1.82, 2.24) is 0 Å². The van der Waals surface area contributed by atoms with Crippen molar-refractivity contribution in [2.75, 3.05) is 19.8 Å². The first-order valence-electron chi connectivity index (χ1n) is 12.3. The number of allylic oxidation sites excluding steroid dienone is 5. The van der Waals surface area contributed by atoms with E-state index in [1.54, 1.807) is 0 Å². The molecule has 32 heavy (non-hydrogen) atoms. The molecule has 2 unspecified atom stereocenters. The van der Waals surface area contributed by atoms with E-state index in [2.05, 4.69) is 64.6 Å². The molecule has 1 saturated carbocycles. The lowest BCUT2D eigenvalue weighted by atomic mass is 9.78. The number of rotatable bonds is 8. The summed E-state index contributed by atoms with van der Waals surface area (Å²) in [6, 6.07) is 8.27. The van der Waals surface area contributed by atoms with Crippen LogP contribution in [0.4, 0.5) is 0 Å². The van der Waals surface area contributed by atoms with Crippen molar-refractivity contribution in [1.29, 1.82) is 0 Å². The van der Waals surface area contributed by atoms with Gasteiger partial charge in [-0.3, -0.25) is 0 Å². The molecule has 4 rings (SSSR count). The Kier molecular flexibility index (Phi) is 13.3. The molecule has 1 aromatic carbocycles. The fourth-order valence-corrected chi connectivity index (χ4v) is 2.35. The van der Waals surface area contributed by atoms with Crippen LogP contribution in [0.1, 0.15) is 79.7 Å². The van der Waals surface area contributed by atoms with Crippen molar-refractivity contribution in [3.8, 4) is 5.75 Å². The second kappa shape index (κ2) is 15.1. The first kappa shape index (κ1) is 28.2. The van der Waals surface area contributed by atoms with Crippen LogP contribution in [-0.2, 0) is 14.9 Å². The Bertz CT molecular complexity index is 700. The normalized spacial score (nSPS) is 20.5. The van der Waals surface area contributed by atoms with Gasteiger partial charge in [-0.15, -0.1) is 0 Å². The highest BCUT2D eigenvalue weighted by Gasteiger charge is 2.24. The summed E-state index contributed by atoms with van der Waals surface area (Å²) >= 11 is 0. The molecule has 2 heterocycles. The van der Waals surface area contributed by atoms with E-state index in [1.807, 2.05) is 32.9 Å². The Morgan fingerprint density at radius 2 is 1.56 bits per heavy atom. The van der Waals surface area contributed by atoms with Gasteiger partial charge >= 0.3 is 0 Å². The van der Waals surface area contributed by atoms with E-state index in [-0.39, 0.29) is 11.5 Å². The Balaban J connectivity index is 0.000000420. The number of benzene rings is 1. The minimum Gasteiger partial charge on any atom is -0.491 e. The maximum Gasteiger partial charge on any atom is 0.119 e. The van der Waals surface area contributed by atoms with Crippen molar-refractivity contribution < 1.29 is 14.2 Å². The van der Waals surface area contributed by atoms with Crippen molar-refractivity contribution in [3.63, 3.8) is 0 Å². The summed E-state index contributed by atoms with van der Waals surface area (Å²) in [6.45, 7) is 21.4. The molecule has 3 heteroatoms. The van der Waals surface area contributed by atoms with E-state index in [4.69, 9.17) is 14.2 Å². The molecule has 0 N–H and O–H groups in total. The lowest BCUT2D eigenvalue weighted by molar-refractivity contribution is 0.263. The molecule has 3 fully saturated rings. The molecule has 0 spiro atoms. The van der Waals surface area contributed by atoms with E-state index < -0.39 is 0 Å². The fraction of sp³-hybridized carbons (Fsp3) is 0.586. The number of ether oxygens (including phenoxy) is 3. The highest BCUT2D eigenvalue weighted by atomic mass is 16.6. The van der Waals surface area contributed by atoms with E-state index in [0.29, 0.717) is 12.7 Å². The monoisotopic (exact) mass is 442 g/mol. The Morgan fingerprint density at radius 3 is 1.94 bits per heavy atom. The summed E-state index contributed by atoms with van der Waals surface area (Å²) in [5.41, 5.74) is 3.45. The molecule has 2 atom stereocenters. The molecule has 0 radical (unpaired) electrons. The van der Waals surface area contributed by atoms with E-state index >= 15 is 0 Å². The number of hydrogen-bond donors (Lipinski definition) is 0. The molecule has 2 aliphatic heterocycles. The van der Waals surface area contributed by atoms with Gasteiger partial charge in [0, 0.05) is 5.41 Å². The van der Waals surface area contributed by atoms with Crippen LogP contribution < -0.4 is 4.74 Å². The highest BCUT2D eigenvalue weighted by molar-refractivity contribution is 5.42. The van der Waals surface area contributed by atoms with Gasteiger partial charge in [-0.2, -0.15) is 0 Å². The predicted molar refractivity (Wildman–Crippen MR) is 138 cm³/mol. The van der Waals surface area contributed by atoms with Crippen LogP contribution in [0, 0.1) is 0 Å². The summed E-state index contributed by atoms with van der Waals surface area (Å²) in [5, 5.41) is 0. The van der Waals surface area contributed by atoms with Crippen LogP contribution >= 0.6 is 0 Å². The standard InChI is InChI=1S/C20H26O2.C4H8O.C3H6.C2H6/c1-6-15(2)7-8-16(3)20(4,5)17-9-11-18(12-10-17)21-13-19-14-22-19;1-2-4-3-5-4;1-2-3-1;1-2/h6-12,19H,3,13-14H2,1-2,4-5H3;4H,2-3H2,1H3;1-3H2;1-2H3/b8-7-,15-6-;;;. The van der Waals surface area contributed by atoms with Crippen LogP contribution in [0.25, 0.3) is 0 Å². The maximum absolute atomic E-state index is 5.68. The van der Waals surface area contributed by atoms with Crippen molar-refractivity contribution in [2.24, 2.45) is 0 Å². The van der Waals surface area contributed by atoms with Gasteiger partial charge in [0.2, 0.25) is 0 Å². The minimum absolute atomic E-state index is 0.108. The molecule has 180 valence electrons. The smallest absolute Gasteiger partial charge is 0.119 e. The second-order valence-corrected chi connectivity index (χ2v) is 8.73. The average molecular weight is 443 g/mol. The lowest BCUT2D eigenvalue weighted by Gasteiger charge is -2.26. The third-order valence-electron chi connectivity index (χ3n) is 5.43. The summed E-state index contributed by atoms with van der Waals surface area (Å²) in [6.07, 6.45) is 12.9. The molecule has 0 aromatic heterocycles. The molecule has 2 saturated heterocycles. The van der Waals surface area contributed by atoms with Gasteiger partial charge in [-0.25, -0.2) is 0 Å². The Hall–Kier alpha value is -1.84. The van der Waals surface area contributed by atoms with Crippen LogP contribution in [0.2, 0.25) is 0 Å². The summed E-state index contributed by atoms with van der Waals surface area (Å²) in [7, 11) is 0. The van der Waals surface area contributed by atoms with Crippen LogP contribution in [0.3, 0.4) is 0 Å². The molecule has 1 aromatic rings. The molecule has 3 nitrogen and oxygen atoms in total. The van der Waals surface area contributed by atoms with Gasteiger partial charge < -0.3 is 14.2 Å². The molecule has 1 aliphatic carbocycles. The lowest BCUT2D eigenvalue weighted by Crippen LogP contribution is -2.18. The van der Waals surface area contributed by atoms with Gasteiger partial charge in [0.1, 0.15) is 18.5 Å². The fourth-order valence-electron chi connectivity index (χ4n) is 2.35. The van der Waals surface area contributed by atoms with Crippen molar-refractivity contribution >= 4 is 0 Å². The zero-order valence-electron chi connectivity index (χ0n) is 21.6. The minimum atomic E-state index is -0.108. The predicted octanol–water partition coefficient (Wildman–Crippen LogP) is 7.81. The Morgan fingerprint density at radius 1 is 1.03 bits per heavy atom. The molecular weight excluding hydrogens is 396 g/mol. The number of epoxide rings is 2. The third kappa shape index (κ3) is 12.3. The maximum atomic E-state index is 5.68.